The highest BCUT2D eigenvalue weighted by atomic mass is 15.2. The van der Waals surface area contributed by atoms with Crippen molar-refractivity contribution in [3.63, 3.8) is 0 Å². The van der Waals surface area contributed by atoms with E-state index in [4.69, 9.17) is 5.73 Å². The number of rotatable bonds is 2. The maximum absolute atomic E-state index is 5.67. The Labute approximate surface area is 114 Å². The molecule has 1 aromatic heterocycles. The van der Waals surface area contributed by atoms with Crippen molar-refractivity contribution >= 4 is 11.5 Å². The van der Waals surface area contributed by atoms with Crippen LogP contribution in [0.2, 0.25) is 0 Å². The molecule has 0 saturated heterocycles. The van der Waals surface area contributed by atoms with Crippen molar-refractivity contribution in [2.24, 2.45) is 5.73 Å². The Balaban J connectivity index is 2.04. The van der Waals surface area contributed by atoms with Crippen LogP contribution >= 0.6 is 0 Å². The van der Waals surface area contributed by atoms with Crippen LogP contribution in [-0.4, -0.2) is 11.5 Å². The summed E-state index contributed by atoms with van der Waals surface area (Å²) in [5.74, 6) is 1.06. The lowest BCUT2D eigenvalue weighted by Crippen LogP contribution is -2.26. The quantitative estimate of drug-likeness (QED) is 0.894. The second-order valence-corrected chi connectivity index (χ2v) is 5.07. The minimum atomic E-state index is 0.546. The summed E-state index contributed by atoms with van der Waals surface area (Å²) in [5.41, 5.74) is 10.7. The van der Waals surface area contributed by atoms with Crippen molar-refractivity contribution in [2.75, 3.05) is 11.4 Å². The lowest BCUT2D eigenvalue weighted by molar-refractivity contribution is 0.757. The summed E-state index contributed by atoms with van der Waals surface area (Å²) >= 11 is 0. The van der Waals surface area contributed by atoms with E-state index in [1.165, 1.54) is 23.2 Å². The summed E-state index contributed by atoms with van der Waals surface area (Å²) in [7, 11) is 0. The fraction of sp³-hybridized carbons (Fsp3) is 0.312. The molecular weight excluding hydrogens is 234 g/mol. The van der Waals surface area contributed by atoms with Crippen LogP contribution in [0.25, 0.3) is 0 Å². The minimum absolute atomic E-state index is 0.546. The average Bonchev–Trinajstić information content (AvgIpc) is 2.46. The summed E-state index contributed by atoms with van der Waals surface area (Å²) in [6.07, 6.45) is 4.23. The number of hydrogen-bond donors (Lipinski definition) is 1. The van der Waals surface area contributed by atoms with Crippen LogP contribution in [-0.2, 0) is 13.0 Å². The molecule has 3 nitrogen and oxygen atoms in total. The van der Waals surface area contributed by atoms with Crippen molar-refractivity contribution in [3.05, 3.63) is 53.2 Å². The summed E-state index contributed by atoms with van der Waals surface area (Å²) in [4.78, 5) is 6.95. The number of aromatic nitrogens is 1. The second kappa shape index (κ2) is 5.02. The molecule has 19 heavy (non-hydrogen) atoms. The maximum Gasteiger partial charge on any atom is 0.135 e. The molecule has 3 heteroatoms. The van der Waals surface area contributed by atoms with Crippen molar-refractivity contribution < 1.29 is 0 Å². The van der Waals surface area contributed by atoms with E-state index < -0.39 is 0 Å². The molecule has 2 aromatic rings. The highest BCUT2D eigenvalue weighted by Gasteiger charge is 2.19. The first-order valence-electron chi connectivity index (χ1n) is 6.80. The van der Waals surface area contributed by atoms with Crippen LogP contribution in [0.5, 0.6) is 0 Å². The van der Waals surface area contributed by atoms with E-state index in [9.17, 15) is 0 Å². The van der Waals surface area contributed by atoms with Gasteiger partial charge in [-0.1, -0.05) is 18.2 Å². The number of hydrogen-bond acceptors (Lipinski definition) is 3. The molecule has 0 bridgehead atoms. The smallest absolute Gasteiger partial charge is 0.135 e. The van der Waals surface area contributed by atoms with Crippen molar-refractivity contribution in [3.8, 4) is 0 Å². The molecule has 0 atom stereocenters. The third kappa shape index (κ3) is 2.22. The first-order chi connectivity index (χ1) is 9.29. The first kappa shape index (κ1) is 12.2. The van der Waals surface area contributed by atoms with Crippen LogP contribution < -0.4 is 10.6 Å². The summed E-state index contributed by atoms with van der Waals surface area (Å²) in [5, 5.41) is 0. The molecule has 1 aliphatic rings. The predicted octanol–water partition coefficient (Wildman–Crippen LogP) is 2.93. The van der Waals surface area contributed by atoms with Gasteiger partial charge in [-0.3, -0.25) is 0 Å². The van der Waals surface area contributed by atoms with E-state index in [0.717, 1.165) is 24.3 Å². The fourth-order valence-electron chi connectivity index (χ4n) is 2.77. The molecule has 0 aliphatic carbocycles. The van der Waals surface area contributed by atoms with Gasteiger partial charge in [0, 0.05) is 25.0 Å². The van der Waals surface area contributed by atoms with Gasteiger partial charge in [-0.2, -0.15) is 0 Å². The summed E-state index contributed by atoms with van der Waals surface area (Å²) < 4.78 is 0. The molecule has 3 rings (SSSR count). The Hall–Kier alpha value is -1.87. The second-order valence-electron chi connectivity index (χ2n) is 5.07. The largest absolute Gasteiger partial charge is 0.326 e. The van der Waals surface area contributed by atoms with Gasteiger partial charge in [0.2, 0.25) is 0 Å². The Morgan fingerprint density at radius 1 is 1.32 bits per heavy atom. The van der Waals surface area contributed by atoms with Gasteiger partial charge in [0.05, 0.1) is 0 Å². The van der Waals surface area contributed by atoms with Gasteiger partial charge in [0.15, 0.2) is 0 Å². The number of nitrogens with zero attached hydrogens (tertiary/aromatic N) is 2. The molecule has 0 radical (unpaired) electrons. The van der Waals surface area contributed by atoms with Gasteiger partial charge in [0.25, 0.3) is 0 Å². The third-order valence-corrected chi connectivity index (χ3v) is 3.71. The predicted molar refractivity (Wildman–Crippen MR) is 78.6 cm³/mol. The third-order valence-electron chi connectivity index (χ3n) is 3.71. The zero-order chi connectivity index (χ0) is 13.2. The highest BCUT2D eigenvalue weighted by Crippen LogP contribution is 2.33. The molecule has 0 spiro atoms. The standard InChI is InChI=1S/C16H19N3/c1-12-9-13(10-17)11-18-16(12)19-8-4-6-14-5-2-3-7-15(14)19/h2-3,5,7,9,11H,4,6,8,10,17H2,1H3. The number of para-hydroxylation sites is 1. The van der Waals surface area contributed by atoms with E-state index in [1.54, 1.807) is 0 Å². The van der Waals surface area contributed by atoms with Crippen LogP contribution in [0.4, 0.5) is 11.5 Å². The van der Waals surface area contributed by atoms with Gasteiger partial charge in [-0.05, 0) is 48.6 Å². The van der Waals surface area contributed by atoms with Crippen molar-refractivity contribution in [2.45, 2.75) is 26.3 Å². The molecule has 1 aliphatic heterocycles. The van der Waals surface area contributed by atoms with E-state index in [1.807, 2.05) is 6.20 Å². The monoisotopic (exact) mass is 253 g/mol. The molecular formula is C16H19N3. The highest BCUT2D eigenvalue weighted by molar-refractivity contribution is 5.67. The molecule has 0 saturated carbocycles. The molecule has 0 unspecified atom stereocenters. The molecule has 1 aromatic carbocycles. The van der Waals surface area contributed by atoms with Crippen molar-refractivity contribution in [1.29, 1.82) is 0 Å². The van der Waals surface area contributed by atoms with E-state index in [0.29, 0.717) is 6.54 Å². The Kier molecular flexibility index (Phi) is 3.22. The summed E-state index contributed by atoms with van der Waals surface area (Å²) in [6.45, 7) is 3.69. The number of benzene rings is 1. The molecule has 98 valence electrons. The SMILES string of the molecule is Cc1cc(CN)cnc1N1CCCc2ccccc21. The molecule has 0 amide bonds. The zero-order valence-corrected chi connectivity index (χ0v) is 11.3. The van der Waals surface area contributed by atoms with E-state index >= 15 is 0 Å². The number of pyridine rings is 1. The summed E-state index contributed by atoms with van der Waals surface area (Å²) in [6, 6.07) is 10.7. The van der Waals surface area contributed by atoms with Crippen LogP contribution in [0.15, 0.2) is 36.5 Å². The number of fused-ring (bicyclic) bond motifs is 1. The Morgan fingerprint density at radius 3 is 2.95 bits per heavy atom. The van der Waals surface area contributed by atoms with Gasteiger partial charge in [-0.15, -0.1) is 0 Å². The average molecular weight is 253 g/mol. The lowest BCUT2D eigenvalue weighted by atomic mass is 10.0. The topological polar surface area (TPSA) is 42.1 Å². The first-order valence-corrected chi connectivity index (χ1v) is 6.80. The van der Waals surface area contributed by atoms with E-state index in [-0.39, 0.29) is 0 Å². The van der Waals surface area contributed by atoms with Gasteiger partial charge in [0.1, 0.15) is 5.82 Å². The fourth-order valence-corrected chi connectivity index (χ4v) is 2.77. The lowest BCUT2D eigenvalue weighted by Gasteiger charge is -2.31. The normalized spacial score (nSPS) is 14.3. The number of anilines is 2. The van der Waals surface area contributed by atoms with Crippen LogP contribution in [0.1, 0.15) is 23.1 Å². The van der Waals surface area contributed by atoms with Gasteiger partial charge < -0.3 is 10.6 Å². The van der Waals surface area contributed by atoms with Crippen LogP contribution in [0, 0.1) is 6.92 Å². The molecule has 0 fully saturated rings. The van der Waals surface area contributed by atoms with Gasteiger partial charge in [-0.25, -0.2) is 4.98 Å². The van der Waals surface area contributed by atoms with E-state index in [2.05, 4.69) is 47.1 Å². The minimum Gasteiger partial charge on any atom is -0.326 e. The number of aryl methyl sites for hydroxylation is 2. The molecule has 2 N–H and O–H groups in total. The Morgan fingerprint density at radius 2 is 2.16 bits per heavy atom. The Bertz CT molecular complexity index is 592. The number of nitrogens with two attached hydrogens (primary N) is 1. The molecule has 2 heterocycles. The van der Waals surface area contributed by atoms with Gasteiger partial charge >= 0.3 is 0 Å². The van der Waals surface area contributed by atoms with Crippen LogP contribution in [0.3, 0.4) is 0 Å². The zero-order valence-electron chi connectivity index (χ0n) is 11.3. The maximum atomic E-state index is 5.67. The van der Waals surface area contributed by atoms with Crippen molar-refractivity contribution in [1.82, 2.24) is 4.98 Å².